The SMILES string of the molecule is CC(C)Oc1c(C(=O)Nc2nnn[nH]2)oc2c(-c3ccccc3)cccc12. The van der Waals surface area contributed by atoms with Gasteiger partial charge in [0.25, 0.3) is 5.91 Å². The van der Waals surface area contributed by atoms with E-state index in [1.54, 1.807) is 0 Å². The number of nitrogens with zero attached hydrogens (tertiary/aromatic N) is 3. The Bertz CT molecular complexity index is 1070. The summed E-state index contributed by atoms with van der Waals surface area (Å²) in [4.78, 5) is 12.7. The molecule has 2 aromatic heterocycles. The number of rotatable bonds is 5. The van der Waals surface area contributed by atoms with E-state index in [-0.39, 0.29) is 17.8 Å². The highest BCUT2D eigenvalue weighted by molar-refractivity contribution is 6.09. The second-order valence-corrected chi connectivity index (χ2v) is 6.18. The number of furan rings is 1. The van der Waals surface area contributed by atoms with Gasteiger partial charge in [-0.2, -0.15) is 0 Å². The maximum atomic E-state index is 12.7. The number of tetrazole rings is 1. The molecule has 8 heteroatoms. The molecule has 0 aliphatic carbocycles. The number of hydrogen-bond acceptors (Lipinski definition) is 6. The third-order valence-corrected chi connectivity index (χ3v) is 3.89. The van der Waals surface area contributed by atoms with E-state index in [4.69, 9.17) is 9.15 Å². The van der Waals surface area contributed by atoms with E-state index < -0.39 is 5.91 Å². The fourth-order valence-corrected chi connectivity index (χ4v) is 2.82. The summed E-state index contributed by atoms with van der Waals surface area (Å²) in [6.45, 7) is 3.78. The lowest BCUT2D eigenvalue weighted by molar-refractivity contribution is 0.0990. The largest absolute Gasteiger partial charge is 0.486 e. The molecule has 0 aliphatic heterocycles. The van der Waals surface area contributed by atoms with Gasteiger partial charge in [0.1, 0.15) is 5.58 Å². The topological polar surface area (TPSA) is 106 Å². The smallest absolute Gasteiger partial charge is 0.297 e. The summed E-state index contributed by atoms with van der Waals surface area (Å²) in [5.41, 5.74) is 2.45. The van der Waals surface area contributed by atoms with Gasteiger partial charge < -0.3 is 9.15 Å². The van der Waals surface area contributed by atoms with Gasteiger partial charge in [-0.3, -0.25) is 10.1 Å². The second kappa shape index (κ2) is 6.91. The summed E-state index contributed by atoms with van der Waals surface area (Å²) in [6, 6.07) is 15.6. The average Bonchev–Trinajstić information content (AvgIpc) is 3.30. The predicted octanol–water partition coefficient (Wildman–Crippen LogP) is 3.65. The van der Waals surface area contributed by atoms with Crippen LogP contribution in [0.5, 0.6) is 5.75 Å². The zero-order valence-electron chi connectivity index (χ0n) is 14.8. The van der Waals surface area contributed by atoms with Crippen molar-refractivity contribution in [3.05, 3.63) is 54.3 Å². The van der Waals surface area contributed by atoms with Crippen LogP contribution in [0.3, 0.4) is 0 Å². The number of nitrogens with one attached hydrogen (secondary N) is 2. The van der Waals surface area contributed by atoms with Gasteiger partial charge in [-0.25, -0.2) is 5.10 Å². The number of fused-ring (bicyclic) bond motifs is 1. The van der Waals surface area contributed by atoms with Crippen LogP contribution in [0, 0.1) is 0 Å². The zero-order valence-corrected chi connectivity index (χ0v) is 14.8. The summed E-state index contributed by atoms with van der Waals surface area (Å²) in [7, 11) is 0. The van der Waals surface area contributed by atoms with Gasteiger partial charge in [0, 0.05) is 5.56 Å². The second-order valence-electron chi connectivity index (χ2n) is 6.18. The van der Waals surface area contributed by atoms with Crippen molar-refractivity contribution in [3.63, 3.8) is 0 Å². The fourth-order valence-electron chi connectivity index (χ4n) is 2.82. The van der Waals surface area contributed by atoms with E-state index in [0.717, 1.165) is 16.5 Å². The molecular formula is C19H17N5O3. The molecule has 0 spiro atoms. The number of aromatic amines is 1. The minimum atomic E-state index is -0.501. The predicted molar refractivity (Wildman–Crippen MR) is 99.5 cm³/mol. The van der Waals surface area contributed by atoms with Crippen molar-refractivity contribution >= 4 is 22.8 Å². The van der Waals surface area contributed by atoms with Crippen molar-refractivity contribution in [2.24, 2.45) is 0 Å². The first kappa shape index (κ1) is 16.8. The Kier molecular flexibility index (Phi) is 4.29. The number of anilines is 1. The molecule has 4 aromatic rings. The van der Waals surface area contributed by atoms with Crippen molar-refractivity contribution in [2.75, 3.05) is 5.32 Å². The van der Waals surface area contributed by atoms with E-state index in [2.05, 4.69) is 25.9 Å². The lowest BCUT2D eigenvalue weighted by Crippen LogP contribution is -2.15. The standard InChI is InChI=1S/C19H17N5O3/c1-11(2)26-16-14-10-6-9-13(12-7-4-3-5-8-12)15(14)27-17(16)18(25)20-19-21-23-24-22-19/h3-11H,1-2H3,(H2,20,21,22,23,24,25). The summed E-state index contributed by atoms with van der Waals surface area (Å²) < 4.78 is 11.9. The third-order valence-electron chi connectivity index (χ3n) is 3.89. The van der Waals surface area contributed by atoms with Crippen LogP contribution < -0.4 is 10.1 Å². The highest BCUT2D eigenvalue weighted by Crippen LogP contribution is 2.39. The molecule has 0 saturated carbocycles. The van der Waals surface area contributed by atoms with Gasteiger partial charge in [-0.15, -0.1) is 0 Å². The zero-order chi connectivity index (χ0) is 18.8. The number of carbonyl (C=O) groups is 1. The van der Waals surface area contributed by atoms with Crippen molar-refractivity contribution in [2.45, 2.75) is 20.0 Å². The van der Waals surface area contributed by atoms with E-state index in [0.29, 0.717) is 11.3 Å². The molecule has 136 valence electrons. The molecule has 0 fully saturated rings. The van der Waals surface area contributed by atoms with Crippen LogP contribution in [0.4, 0.5) is 5.95 Å². The molecule has 1 amide bonds. The first-order chi connectivity index (χ1) is 13.1. The quantitative estimate of drug-likeness (QED) is 0.560. The summed E-state index contributed by atoms with van der Waals surface area (Å²) in [5.74, 6) is 0.0832. The summed E-state index contributed by atoms with van der Waals surface area (Å²) >= 11 is 0. The molecule has 2 aromatic carbocycles. The van der Waals surface area contributed by atoms with Crippen LogP contribution in [0.2, 0.25) is 0 Å². The van der Waals surface area contributed by atoms with Crippen LogP contribution in [-0.4, -0.2) is 32.6 Å². The molecule has 0 radical (unpaired) electrons. The molecule has 0 bridgehead atoms. The fraction of sp³-hybridized carbons (Fsp3) is 0.158. The monoisotopic (exact) mass is 363 g/mol. The van der Waals surface area contributed by atoms with Crippen LogP contribution in [0.25, 0.3) is 22.1 Å². The van der Waals surface area contributed by atoms with Crippen molar-refractivity contribution in [3.8, 4) is 16.9 Å². The molecule has 0 unspecified atom stereocenters. The van der Waals surface area contributed by atoms with Crippen LogP contribution in [0.1, 0.15) is 24.4 Å². The molecule has 2 heterocycles. The van der Waals surface area contributed by atoms with Gasteiger partial charge in [0.15, 0.2) is 5.75 Å². The molecule has 27 heavy (non-hydrogen) atoms. The normalized spacial score (nSPS) is 11.1. The van der Waals surface area contributed by atoms with Crippen molar-refractivity contribution < 1.29 is 13.9 Å². The van der Waals surface area contributed by atoms with E-state index >= 15 is 0 Å². The number of para-hydroxylation sites is 1. The van der Waals surface area contributed by atoms with Gasteiger partial charge >= 0.3 is 0 Å². The Morgan fingerprint density at radius 1 is 1.15 bits per heavy atom. The molecule has 0 atom stereocenters. The Hall–Kier alpha value is -3.68. The Morgan fingerprint density at radius 3 is 2.67 bits per heavy atom. The number of amides is 1. The number of ether oxygens (including phenoxy) is 1. The number of benzene rings is 2. The first-order valence-corrected chi connectivity index (χ1v) is 8.46. The van der Waals surface area contributed by atoms with Crippen molar-refractivity contribution in [1.82, 2.24) is 20.6 Å². The van der Waals surface area contributed by atoms with E-state index in [9.17, 15) is 4.79 Å². The van der Waals surface area contributed by atoms with Gasteiger partial charge in [0.05, 0.1) is 11.5 Å². The maximum absolute atomic E-state index is 12.7. The molecule has 0 saturated heterocycles. The number of aromatic nitrogens is 4. The third kappa shape index (κ3) is 3.24. The minimum Gasteiger partial charge on any atom is -0.486 e. The molecule has 0 aliphatic rings. The van der Waals surface area contributed by atoms with E-state index in [1.165, 1.54) is 0 Å². The van der Waals surface area contributed by atoms with Crippen LogP contribution >= 0.6 is 0 Å². The van der Waals surface area contributed by atoms with Crippen LogP contribution in [0.15, 0.2) is 52.9 Å². The maximum Gasteiger partial charge on any atom is 0.297 e. The van der Waals surface area contributed by atoms with Gasteiger partial charge in [-0.05, 0) is 35.9 Å². The van der Waals surface area contributed by atoms with E-state index in [1.807, 2.05) is 62.4 Å². The minimum absolute atomic E-state index is 0.0680. The molecule has 8 nitrogen and oxygen atoms in total. The number of hydrogen-bond donors (Lipinski definition) is 2. The summed E-state index contributed by atoms with van der Waals surface area (Å²) in [6.07, 6.45) is -0.135. The van der Waals surface area contributed by atoms with Gasteiger partial charge in [-0.1, -0.05) is 47.6 Å². The molecular weight excluding hydrogens is 346 g/mol. The average molecular weight is 363 g/mol. The van der Waals surface area contributed by atoms with Crippen molar-refractivity contribution in [1.29, 1.82) is 0 Å². The molecule has 2 N–H and O–H groups in total. The van der Waals surface area contributed by atoms with Crippen LogP contribution in [-0.2, 0) is 0 Å². The summed E-state index contributed by atoms with van der Waals surface area (Å²) in [5, 5.41) is 16.3. The highest BCUT2D eigenvalue weighted by atomic mass is 16.5. The molecule has 4 rings (SSSR count). The Morgan fingerprint density at radius 2 is 1.96 bits per heavy atom. The Labute approximate surface area is 154 Å². The lowest BCUT2D eigenvalue weighted by atomic mass is 10.0. The Balaban J connectivity index is 1.86. The highest BCUT2D eigenvalue weighted by Gasteiger charge is 2.25. The van der Waals surface area contributed by atoms with Gasteiger partial charge in [0.2, 0.25) is 11.7 Å². The first-order valence-electron chi connectivity index (χ1n) is 8.46. The number of carbonyl (C=O) groups excluding carboxylic acids is 1. The number of H-pyrrole nitrogens is 1. The lowest BCUT2D eigenvalue weighted by Gasteiger charge is -2.09.